The van der Waals surface area contributed by atoms with Gasteiger partial charge in [0.1, 0.15) is 0 Å². The molecular formula is C4H6N4O4. The zero-order valence-electron chi connectivity index (χ0n) is 6.07. The standard InChI is InChI=1S/C4H6N4O4/c1-12-8-6-3(5-7-8)2(9)4(10)11/h7H,1H3,(H,5,6)(H,10,11). The van der Waals surface area contributed by atoms with Gasteiger partial charge in [0.2, 0.25) is 5.84 Å². The average molecular weight is 174 g/mol. The lowest BCUT2D eigenvalue weighted by Crippen LogP contribution is -2.43. The van der Waals surface area contributed by atoms with Crippen molar-refractivity contribution in [2.45, 2.75) is 0 Å². The molecule has 1 aliphatic rings. The van der Waals surface area contributed by atoms with E-state index in [-0.39, 0.29) is 5.84 Å². The Labute approximate surface area is 66.7 Å². The lowest BCUT2D eigenvalue weighted by Gasteiger charge is -2.09. The molecule has 0 aliphatic carbocycles. The van der Waals surface area contributed by atoms with Crippen LogP contribution in [-0.4, -0.2) is 35.1 Å². The molecule has 1 rings (SSSR count). The molecular weight excluding hydrogens is 168 g/mol. The minimum Gasteiger partial charge on any atom is -0.475 e. The van der Waals surface area contributed by atoms with Crippen LogP contribution in [0.25, 0.3) is 0 Å². The van der Waals surface area contributed by atoms with Crippen molar-refractivity contribution in [3.63, 3.8) is 0 Å². The molecule has 1 aliphatic heterocycles. The fraction of sp³-hybridized carbons (Fsp3) is 0.250. The quantitative estimate of drug-likeness (QED) is 0.418. The highest BCUT2D eigenvalue weighted by atomic mass is 16.7. The van der Waals surface area contributed by atoms with Crippen molar-refractivity contribution >= 4 is 17.6 Å². The van der Waals surface area contributed by atoms with E-state index in [2.05, 4.69) is 20.9 Å². The third-order valence-corrected chi connectivity index (χ3v) is 1.05. The molecule has 0 spiro atoms. The zero-order valence-corrected chi connectivity index (χ0v) is 6.07. The van der Waals surface area contributed by atoms with Crippen LogP contribution < -0.4 is 11.0 Å². The molecule has 0 saturated carbocycles. The van der Waals surface area contributed by atoms with E-state index in [1.807, 2.05) is 0 Å². The number of carbonyl (C=O) groups excluding carboxylic acids is 1. The molecule has 1 heterocycles. The van der Waals surface area contributed by atoms with Crippen LogP contribution in [-0.2, 0) is 14.4 Å². The Morgan fingerprint density at radius 1 is 1.67 bits per heavy atom. The van der Waals surface area contributed by atoms with Crippen LogP contribution in [0.4, 0.5) is 0 Å². The summed E-state index contributed by atoms with van der Waals surface area (Å²) in [5.41, 5.74) is 4.44. The first-order valence-electron chi connectivity index (χ1n) is 2.87. The summed E-state index contributed by atoms with van der Waals surface area (Å²) in [5.74, 6) is -3.05. The van der Waals surface area contributed by atoms with Crippen LogP contribution in [0.2, 0.25) is 0 Å². The SMILES string of the molecule is CON1NN=C(C(=O)C(=O)O)N1. The summed E-state index contributed by atoms with van der Waals surface area (Å²) in [6.07, 6.45) is 0. The second-order valence-electron chi connectivity index (χ2n) is 1.78. The third-order valence-electron chi connectivity index (χ3n) is 1.05. The van der Waals surface area contributed by atoms with E-state index in [0.29, 0.717) is 0 Å². The van der Waals surface area contributed by atoms with E-state index in [4.69, 9.17) is 5.11 Å². The predicted molar refractivity (Wildman–Crippen MR) is 35.2 cm³/mol. The number of carbonyl (C=O) groups is 2. The number of hydrazone groups is 1. The van der Waals surface area contributed by atoms with Crippen molar-refractivity contribution in [1.29, 1.82) is 0 Å². The zero-order chi connectivity index (χ0) is 9.14. The molecule has 0 atom stereocenters. The number of hydrogen-bond donors (Lipinski definition) is 3. The first-order chi connectivity index (χ1) is 5.65. The van der Waals surface area contributed by atoms with E-state index in [0.717, 1.165) is 5.28 Å². The van der Waals surface area contributed by atoms with Gasteiger partial charge in [-0.3, -0.25) is 15.1 Å². The monoisotopic (exact) mass is 174 g/mol. The Kier molecular flexibility index (Phi) is 2.21. The molecule has 0 aromatic rings. The molecule has 0 radical (unpaired) electrons. The summed E-state index contributed by atoms with van der Waals surface area (Å²) >= 11 is 0. The molecule has 0 bridgehead atoms. The first kappa shape index (κ1) is 8.43. The normalized spacial score (nSPS) is 16.2. The van der Waals surface area contributed by atoms with Crippen molar-refractivity contribution in [3.05, 3.63) is 0 Å². The summed E-state index contributed by atoms with van der Waals surface area (Å²) in [5, 5.41) is 12.5. The predicted octanol–water partition coefficient (Wildman–Crippen LogP) is -2.16. The molecule has 12 heavy (non-hydrogen) atoms. The van der Waals surface area contributed by atoms with Gasteiger partial charge in [0.25, 0.3) is 0 Å². The van der Waals surface area contributed by atoms with Crippen molar-refractivity contribution in [3.8, 4) is 0 Å². The topological polar surface area (TPSA) is 103 Å². The van der Waals surface area contributed by atoms with Gasteiger partial charge in [0, 0.05) is 5.28 Å². The summed E-state index contributed by atoms with van der Waals surface area (Å²) in [6, 6.07) is 0. The number of Topliss-reactive ketones (excluding diaryl/α,β-unsaturated/α-hetero) is 1. The van der Waals surface area contributed by atoms with E-state index < -0.39 is 11.8 Å². The Hall–Kier alpha value is -1.67. The van der Waals surface area contributed by atoms with E-state index in [9.17, 15) is 9.59 Å². The smallest absolute Gasteiger partial charge is 0.380 e. The molecule has 66 valence electrons. The maximum Gasteiger partial charge on any atom is 0.380 e. The number of carboxylic acid groups (broad SMARTS) is 1. The van der Waals surface area contributed by atoms with Crippen LogP contribution in [0.1, 0.15) is 0 Å². The van der Waals surface area contributed by atoms with Crippen LogP contribution in [0, 0.1) is 0 Å². The van der Waals surface area contributed by atoms with Crippen LogP contribution in [0.5, 0.6) is 0 Å². The summed E-state index contributed by atoms with van der Waals surface area (Å²) < 4.78 is 0. The maximum atomic E-state index is 10.7. The second kappa shape index (κ2) is 3.15. The summed E-state index contributed by atoms with van der Waals surface area (Å²) in [6.45, 7) is 0. The maximum absolute atomic E-state index is 10.7. The molecule has 0 aromatic heterocycles. The Morgan fingerprint density at radius 2 is 2.33 bits per heavy atom. The van der Waals surface area contributed by atoms with Gasteiger partial charge in [-0.2, -0.15) is 5.53 Å². The van der Waals surface area contributed by atoms with Crippen molar-refractivity contribution in [2.24, 2.45) is 5.10 Å². The number of nitrogens with zero attached hydrogens (tertiary/aromatic N) is 2. The molecule has 8 nitrogen and oxygen atoms in total. The molecule has 0 unspecified atom stereocenters. The van der Waals surface area contributed by atoms with Crippen molar-refractivity contribution in [2.75, 3.05) is 7.11 Å². The fourth-order valence-electron chi connectivity index (χ4n) is 0.531. The Morgan fingerprint density at radius 3 is 2.75 bits per heavy atom. The van der Waals surface area contributed by atoms with Crippen LogP contribution >= 0.6 is 0 Å². The number of aliphatic carboxylic acids is 1. The lowest BCUT2D eigenvalue weighted by molar-refractivity contribution is -0.185. The molecule has 0 fully saturated rings. The van der Waals surface area contributed by atoms with Crippen LogP contribution in [0.3, 0.4) is 0 Å². The van der Waals surface area contributed by atoms with Gasteiger partial charge in [-0.1, -0.05) is 0 Å². The molecule has 0 saturated heterocycles. The number of hydrazine groups is 2. The Balaban J connectivity index is 2.57. The van der Waals surface area contributed by atoms with E-state index in [1.165, 1.54) is 7.11 Å². The lowest BCUT2D eigenvalue weighted by atomic mass is 10.4. The molecule has 0 amide bonds. The largest absolute Gasteiger partial charge is 0.475 e. The number of hydrogen-bond acceptors (Lipinski definition) is 7. The van der Waals surface area contributed by atoms with Gasteiger partial charge in [-0.25, -0.2) is 4.79 Å². The van der Waals surface area contributed by atoms with Gasteiger partial charge >= 0.3 is 11.8 Å². The number of nitrogens with one attached hydrogen (secondary N) is 2. The second-order valence-corrected chi connectivity index (χ2v) is 1.78. The van der Waals surface area contributed by atoms with E-state index >= 15 is 0 Å². The molecule has 8 heteroatoms. The van der Waals surface area contributed by atoms with Crippen LogP contribution in [0.15, 0.2) is 5.10 Å². The van der Waals surface area contributed by atoms with Gasteiger partial charge in [0.15, 0.2) is 0 Å². The number of carboxylic acids is 1. The van der Waals surface area contributed by atoms with Gasteiger partial charge in [0.05, 0.1) is 7.11 Å². The molecule has 0 aromatic carbocycles. The highest BCUT2D eigenvalue weighted by Gasteiger charge is 2.25. The summed E-state index contributed by atoms with van der Waals surface area (Å²) in [4.78, 5) is 25.3. The fourth-order valence-corrected chi connectivity index (χ4v) is 0.531. The van der Waals surface area contributed by atoms with Gasteiger partial charge < -0.3 is 5.11 Å². The molecule has 3 N–H and O–H groups in total. The average Bonchev–Trinajstić information content (AvgIpc) is 2.50. The number of amidine groups is 1. The van der Waals surface area contributed by atoms with Gasteiger partial charge in [-0.05, 0) is 0 Å². The van der Waals surface area contributed by atoms with E-state index in [1.54, 1.807) is 0 Å². The minimum absolute atomic E-state index is 0.329. The summed E-state index contributed by atoms with van der Waals surface area (Å²) in [7, 11) is 1.31. The van der Waals surface area contributed by atoms with Crippen molar-refractivity contribution in [1.82, 2.24) is 16.2 Å². The Bertz CT molecular complexity index is 249. The first-order valence-corrected chi connectivity index (χ1v) is 2.87. The highest BCUT2D eigenvalue weighted by molar-refractivity contribution is 6.62. The van der Waals surface area contributed by atoms with Gasteiger partial charge in [-0.15, -0.1) is 5.10 Å². The number of rotatable bonds is 3. The third kappa shape index (κ3) is 1.49. The highest BCUT2D eigenvalue weighted by Crippen LogP contribution is 1.88. The van der Waals surface area contributed by atoms with Crippen molar-refractivity contribution < 1.29 is 19.5 Å². The number of ketones is 1. The minimum atomic E-state index is -1.58.